The average molecular weight is 466 g/mol. The molecule has 2 aromatic rings. The molecule has 2 saturated heterocycles. The van der Waals surface area contributed by atoms with Gasteiger partial charge in [-0.3, -0.25) is 10.1 Å². The zero-order valence-electron chi connectivity index (χ0n) is 18.8. The molecule has 33 heavy (non-hydrogen) atoms. The molecule has 10 nitrogen and oxygen atoms in total. The van der Waals surface area contributed by atoms with Crippen molar-refractivity contribution in [1.82, 2.24) is 25.1 Å². The molecule has 2 aromatic heterocycles. The van der Waals surface area contributed by atoms with Crippen molar-refractivity contribution in [2.45, 2.75) is 83.3 Å². The molecule has 0 spiro atoms. The summed E-state index contributed by atoms with van der Waals surface area (Å²) in [5.41, 5.74) is -0.539. The summed E-state index contributed by atoms with van der Waals surface area (Å²) in [7, 11) is 0. The second kappa shape index (κ2) is 9.36. The molecule has 4 rings (SSSR count). The number of nitrogens with zero attached hydrogens (tertiary/aromatic N) is 4. The molecule has 180 valence electrons. The van der Waals surface area contributed by atoms with Crippen LogP contribution in [0.2, 0.25) is 0 Å². The summed E-state index contributed by atoms with van der Waals surface area (Å²) in [6.45, 7) is 2.64. The topological polar surface area (TPSA) is 114 Å². The van der Waals surface area contributed by atoms with E-state index in [0.717, 1.165) is 19.3 Å². The highest BCUT2D eigenvalue weighted by Crippen LogP contribution is 2.36. The number of amides is 1. The van der Waals surface area contributed by atoms with Gasteiger partial charge in [0.2, 0.25) is 11.8 Å². The van der Waals surface area contributed by atoms with Crippen LogP contribution < -0.4 is 14.8 Å². The molecule has 4 heterocycles. The summed E-state index contributed by atoms with van der Waals surface area (Å²) in [6.07, 6.45) is 6.87. The molecule has 0 radical (unpaired) electrons. The van der Waals surface area contributed by atoms with E-state index in [1.54, 1.807) is 0 Å². The van der Waals surface area contributed by atoms with E-state index >= 15 is 0 Å². The maximum Gasteiger partial charge on any atom is 0.410 e. The quantitative estimate of drug-likeness (QED) is 0.650. The number of nitrogens with one attached hydrogen (secondary N) is 2. The van der Waals surface area contributed by atoms with E-state index < -0.39 is 12.2 Å². The zero-order chi connectivity index (χ0) is 23.6. The molecule has 0 aromatic carbocycles. The maximum atomic E-state index is 12.7. The van der Waals surface area contributed by atoms with Crippen LogP contribution >= 0.6 is 0 Å². The number of rotatable bonds is 6. The lowest BCUT2D eigenvalue weighted by Crippen LogP contribution is -2.57. The van der Waals surface area contributed by atoms with E-state index in [2.05, 4.69) is 30.2 Å². The molecule has 1 unspecified atom stereocenters. The van der Waals surface area contributed by atoms with Crippen molar-refractivity contribution >= 4 is 17.7 Å². The van der Waals surface area contributed by atoms with E-state index in [1.807, 2.05) is 25.7 Å². The van der Waals surface area contributed by atoms with Crippen molar-refractivity contribution in [2.75, 3.05) is 5.32 Å². The van der Waals surface area contributed by atoms with E-state index in [9.17, 15) is 13.6 Å². The lowest BCUT2D eigenvalue weighted by molar-refractivity contribution is -0.0529. The second-order valence-electron chi connectivity index (χ2n) is 9.20. The summed E-state index contributed by atoms with van der Waals surface area (Å²) in [6, 6.07) is 1.41. The van der Waals surface area contributed by atoms with Crippen molar-refractivity contribution in [2.24, 2.45) is 0 Å². The molecule has 0 saturated carbocycles. The van der Waals surface area contributed by atoms with Crippen LogP contribution in [0.3, 0.4) is 0 Å². The number of H-pyrrole nitrogens is 1. The maximum absolute atomic E-state index is 12.7. The Kier molecular flexibility index (Phi) is 6.52. The Morgan fingerprint density at radius 2 is 1.94 bits per heavy atom. The molecule has 2 N–H and O–H groups in total. The van der Waals surface area contributed by atoms with Gasteiger partial charge in [-0.15, -0.1) is 5.10 Å². The van der Waals surface area contributed by atoms with Gasteiger partial charge in [0, 0.05) is 31.0 Å². The van der Waals surface area contributed by atoms with Crippen LogP contribution in [0.4, 0.5) is 25.2 Å². The van der Waals surface area contributed by atoms with Gasteiger partial charge in [0.15, 0.2) is 5.82 Å². The number of carbonyl (C=O) groups excluding carboxylic acids is 1. The van der Waals surface area contributed by atoms with Crippen molar-refractivity contribution in [3.05, 3.63) is 18.5 Å². The monoisotopic (exact) mass is 466 g/mol. The largest absolute Gasteiger partial charge is 0.473 e. The van der Waals surface area contributed by atoms with Gasteiger partial charge in [0.05, 0.1) is 12.4 Å². The van der Waals surface area contributed by atoms with Gasteiger partial charge < -0.3 is 24.4 Å². The van der Waals surface area contributed by atoms with Gasteiger partial charge >= 0.3 is 12.7 Å². The van der Waals surface area contributed by atoms with Crippen LogP contribution in [-0.4, -0.2) is 61.6 Å². The van der Waals surface area contributed by atoms with E-state index in [4.69, 9.17) is 9.47 Å². The fourth-order valence-corrected chi connectivity index (χ4v) is 4.33. The minimum atomic E-state index is -2.96. The number of alkyl halides is 2. The van der Waals surface area contributed by atoms with E-state index in [1.165, 1.54) is 18.5 Å². The summed E-state index contributed by atoms with van der Waals surface area (Å²) >= 11 is 0. The van der Waals surface area contributed by atoms with Crippen molar-refractivity contribution < 1.29 is 27.8 Å². The molecule has 0 aliphatic carbocycles. The highest BCUT2D eigenvalue weighted by molar-refractivity contribution is 5.69. The predicted octanol–water partition coefficient (Wildman–Crippen LogP) is 4.24. The minimum Gasteiger partial charge on any atom is -0.473 e. The van der Waals surface area contributed by atoms with Crippen molar-refractivity contribution in [3.63, 3.8) is 0 Å². The van der Waals surface area contributed by atoms with E-state index in [0.29, 0.717) is 30.4 Å². The van der Waals surface area contributed by atoms with Gasteiger partial charge in [0.1, 0.15) is 17.5 Å². The SMILES string of the molecule is CC(C)(C)OC(=O)N1[C@@H]2CCC[C@H]1CC(Oc1cncc(Nc3cc(OC(F)F)n[nH]3)n1)C2. The first-order valence-electron chi connectivity index (χ1n) is 10.9. The fourth-order valence-electron chi connectivity index (χ4n) is 4.33. The molecule has 1 amide bonds. The van der Waals surface area contributed by atoms with E-state index in [-0.39, 0.29) is 30.2 Å². The standard InChI is InChI=1S/C21H28F2N6O4/c1-21(2,3)33-20(30)29-12-5-4-6-13(29)8-14(7-12)31-18-11-24-10-16(26-18)25-15-9-17(28-27-15)32-19(22)23/h9-14,19H,4-8H2,1-3H3,(H2,25,26,27,28)/t12-,13+,14?. The summed E-state index contributed by atoms with van der Waals surface area (Å²) in [5, 5.41) is 9.07. The number of aromatic nitrogens is 4. The molecule has 12 heteroatoms. The molecule has 2 aliphatic heterocycles. The second-order valence-corrected chi connectivity index (χ2v) is 9.20. The minimum absolute atomic E-state index is 0.0601. The number of piperidine rings is 2. The molecule has 2 aliphatic rings. The number of carbonyl (C=O) groups is 1. The normalized spacial score (nSPS) is 22.7. The number of aromatic amines is 1. The molecule has 2 fully saturated rings. The van der Waals surface area contributed by atoms with Crippen LogP contribution in [0.25, 0.3) is 0 Å². The lowest BCUT2D eigenvalue weighted by atomic mass is 9.83. The first-order chi connectivity index (χ1) is 15.7. The molecule has 2 bridgehead atoms. The number of anilines is 2. The van der Waals surface area contributed by atoms with Gasteiger partial charge in [-0.05, 0) is 40.0 Å². The van der Waals surface area contributed by atoms with Crippen molar-refractivity contribution in [1.29, 1.82) is 0 Å². The Hall–Kier alpha value is -3.18. The number of halogens is 2. The fraction of sp³-hybridized carbons (Fsp3) is 0.619. The molecule has 3 atom stereocenters. The third-order valence-corrected chi connectivity index (χ3v) is 5.46. The van der Waals surface area contributed by atoms with Gasteiger partial charge in [-0.25, -0.2) is 4.79 Å². The molecular formula is C21H28F2N6O4. The van der Waals surface area contributed by atoms with Gasteiger partial charge in [0.25, 0.3) is 0 Å². The Morgan fingerprint density at radius 1 is 1.21 bits per heavy atom. The zero-order valence-corrected chi connectivity index (χ0v) is 18.8. The summed E-state index contributed by atoms with van der Waals surface area (Å²) in [4.78, 5) is 23.2. The van der Waals surface area contributed by atoms with Crippen LogP contribution in [0.1, 0.15) is 52.9 Å². The summed E-state index contributed by atoms with van der Waals surface area (Å²) in [5.74, 6) is 0.761. The molecular weight excluding hydrogens is 438 g/mol. The number of fused-ring (bicyclic) bond motifs is 2. The Balaban J connectivity index is 1.38. The van der Waals surface area contributed by atoms with Crippen LogP contribution in [-0.2, 0) is 4.74 Å². The average Bonchev–Trinajstić information content (AvgIpc) is 3.12. The Labute approximate surface area is 190 Å². The first-order valence-corrected chi connectivity index (χ1v) is 10.9. The van der Waals surface area contributed by atoms with Crippen molar-refractivity contribution in [3.8, 4) is 11.8 Å². The lowest BCUT2D eigenvalue weighted by Gasteiger charge is -2.48. The summed E-state index contributed by atoms with van der Waals surface area (Å²) < 4.78 is 40.6. The Bertz CT molecular complexity index is 952. The van der Waals surface area contributed by atoms with Crippen LogP contribution in [0, 0.1) is 0 Å². The highest BCUT2D eigenvalue weighted by atomic mass is 19.3. The van der Waals surface area contributed by atoms with Crippen LogP contribution in [0.5, 0.6) is 11.8 Å². The first kappa shape index (κ1) is 23.0. The number of ether oxygens (including phenoxy) is 3. The number of hydrogen-bond donors (Lipinski definition) is 2. The van der Waals surface area contributed by atoms with Gasteiger partial charge in [-0.2, -0.15) is 13.8 Å². The smallest absolute Gasteiger partial charge is 0.410 e. The Morgan fingerprint density at radius 3 is 2.61 bits per heavy atom. The third kappa shape index (κ3) is 5.99. The number of hydrogen-bond acceptors (Lipinski definition) is 8. The predicted molar refractivity (Wildman–Crippen MR) is 114 cm³/mol. The van der Waals surface area contributed by atoms with Gasteiger partial charge in [-0.1, -0.05) is 0 Å². The van der Waals surface area contributed by atoms with Crippen LogP contribution in [0.15, 0.2) is 18.5 Å². The highest BCUT2D eigenvalue weighted by Gasteiger charge is 2.43. The third-order valence-electron chi connectivity index (χ3n) is 5.46.